The van der Waals surface area contributed by atoms with E-state index < -0.39 is 16.9 Å². The highest BCUT2D eigenvalue weighted by molar-refractivity contribution is 9.10. The van der Waals surface area contributed by atoms with Gasteiger partial charge in [0.05, 0.1) is 16.7 Å². The fourth-order valence-corrected chi connectivity index (χ4v) is 5.06. The Kier molecular flexibility index (Phi) is 8.85. The van der Waals surface area contributed by atoms with E-state index in [-0.39, 0.29) is 28.8 Å². The molecule has 3 aromatic rings. The summed E-state index contributed by atoms with van der Waals surface area (Å²) >= 11 is 4.70. The van der Waals surface area contributed by atoms with E-state index in [1.54, 1.807) is 11.6 Å². The predicted molar refractivity (Wildman–Crippen MR) is 142 cm³/mol. The molecule has 0 fully saturated rings. The molecule has 36 heavy (non-hydrogen) atoms. The van der Waals surface area contributed by atoms with Crippen molar-refractivity contribution >= 4 is 50.9 Å². The minimum atomic E-state index is -0.543. The average Bonchev–Trinajstić information content (AvgIpc) is 3.17. The summed E-state index contributed by atoms with van der Waals surface area (Å²) in [6.07, 6.45) is 0. The maximum atomic E-state index is 12.8. The molecular weight excluding hydrogens is 548 g/mol. The Hall–Kier alpha value is -3.25. The number of rotatable bonds is 9. The van der Waals surface area contributed by atoms with Crippen LogP contribution in [0.25, 0.3) is 0 Å². The quantitative estimate of drug-likeness (QED) is 0.209. The van der Waals surface area contributed by atoms with E-state index in [2.05, 4.69) is 36.8 Å². The van der Waals surface area contributed by atoms with Gasteiger partial charge in [-0.15, -0.1) is 10.2 Å². The van der Waals surface area contributed by atoms with Gasteiger partial charge in [-0.25, -0.2) is 0 Å². The largest absolute Gasteiger partial charge is 0.342 e. The molecule has 10 nitrogen and oxygen atoms in total. The number of nitro groups is 1. The van der Waals surface area contributed by atoms with Crippen LogP contribution in [-0.2, 0) is 11.8 Å². The number of halogens is 1. The number of nitrogens with one attached hydrogen (secondary N) is 2. The summed E-state index contributed by atoms with van der Waals surface area (Å²) in [6, 6.07) is 8.95. The average molecular weight is 575 g/mol. The molecule has 0 aliphatic rings. The molecule has 1 atom stereocenters. The fraction of sp³-hybridized carbons (Fsp3) is 0.333. The number of aryl methyl sites for hydroxylation is 2. The standard InChI is InChI=1S/C24H27BrN6O4S/c1-13(2)20(27-23(33)16-7-6-8-18(11-16)31(34)35)22-28-29-24(30(22)5)36-12-19(32)26-21-14(3)9-17(25)10-15(21)4/h6-11,13,20H,12H2,1-5H3,(H,26,32)(H,27,33)/t20-/m1/s1. The summed E-state index contributed by atoms with van der Waals surface area (Å²) in [5.41, 5.74) is 2.72. The molecule has 1 heterocycles. The van der Waals surface area contributed by atoms with Crippen molar-refractivity contribution in [3.8, 4) is 0 Å². The first-order valence-electron chi connectivity index (χ1n) is 11.1. The Morgan fingerprint density at radius 2 is 1.83 bits per heavy atom. The third-order valence-corrected chi connectivity index (χ3v) is 6.99. The smallest absolute Gasteiger partial charge is 0.270 e. The molecule has 0 aliphatic carbocycles. The molecule has 0 radical (unpaired) electrons. The molecule has 2 N–H and O–H groups in total. The van der Waals surface area contributed by atoms with Gasteiger partial charge in [-0.2, -0.15) is 0 Å². The van der Waals surface area contributed by atoms with Crippen LogP contribution in [0.2, 0.25) is 0 Å². The Labute approximate surface area is 221 Å². The van der Waals surface area contributed by atoms with Crippen molar-refractivity contribution in [2.24, 2.45) is 13.0 Å². The van der Waals surface area contributed by atoms with Gasteiger partial charge in [-0.1, -0.05) is 47.6 Å². The number of nitro benzene ring substituents is 1. The lowest BCUT2D eigenvalue weighted by Gasteiger charge is -2.21. The highest BCUT2D eigenvalue weighted by atomic mass is 79.9. The number of amides is 2. The van der Waals surface area contributed by atoms with Crippen molar-refractivity contribution in [3.63, 3.8) is 0 Å². The number of nitrogens with zero attached hydrogens (tertiary/aromatic N) is 4. The Balaban J connectivity index is 1.70. The molecule has 0 bridgehead atoms. The second-order valence-electron chi connectivity index (χ2n) is 8.65. The number of anilines is 1. The highest BCUT2D eigenvalue weighted by Crippen LogP contribution is 2.27. The van der Waals surface area contributed by atoms with Crippen LogP contribution >= 0.6 is 27.7 Å². The molecule has 12 heteroatoms. The van der Waals surface area contributed by atoms with Crippen LogP contribution in [0.15, 0.2) is 46.0 Å². The second kappa shape index (κ2) is 11.7. The number of carbonyl (C=O) groups is 2. The van der Waals surface area contributed by atoms with E-state index >= 15 is 0 Å². The normalized spacial score (nSPS) is 11.9. The lowest BCUT2D eigenvalue weighted by atomic mass is 10.0. The molecule has 0 saturated heterocycles. The molecule has 3 rings (SSSR count). The van der Waals surface area contributed by atoms with Gasteiger partial charge in [0.15, 0.2) is 11.0 Å². The van der Waals surface area contributed by atoms with Gasteiger partial charge in [-0.3, -0.25) is 19.7 Å². The highest BCUT2D eigenvalue weighted by Gasteiger charge is 2.26. The van der Waals surface area contributed by atoms with E-state index in [9.17, 15) is 19.7 Å². The maximum Gasteiger partial charge on any atom is 0.270 e. The number of carbonyl (C=O) groups excluding carboxylic acids is 2. The third kappa shape index (κ3) is 6.49. The first-order valence-corrected chi connectivity index (χ1v) is 12.9. The summed E-state index contributed by atoms with van der Waals surface area (Å²) in [6.45, 7) is 7.72. The van der Waals surface area contributed by atoms with Crippen molar-refractivity contribution in [3.05, 3.63) is 73.5 Å². The van der Waals surface area contributed by atoms with Crippen molar-refractivity contribution in [2.45, 2.75) is 38.9 Å². The number of benzene rings is 2. The lowest BCUT2D eigenvalue weighted by Crippen LogP contribution is -2.33. The maximum absolute atomic E-state index is 12.8. The molecule has 190 valence electrons. The van der Waals surface area contributed by atoms with Gasteiger partial charge >= 0.3 is 0 Å². The number of hydrogen-bond acceptors (Lipinski definition) is 7. The van der Waals surface area contributed by atoms with Gasteiger partial charge in [-0.05, 0) is 49.1 Å². The van der Waals surface area contributed by atoms with Crippen LogP contribution in [-0.4, -0.2) is 37.3 Å². The van der Waals surface area contributed by atoms with Crippen LogP contribution in [0.5, 0.6) is 0 Å². The number of thioether (sulfide) groups is 1. The van der Waals surface area contributed by atoms with E-state index in [1.807, 2.05) is 39.8 Å². The summed E-state index contributed by atoms with van der Waals surface area (Å²) in [5.74, 6) is -0.00848. The Morgan fingerprint density at radius 3 is 2.44 bits per heavy atom. The van der Waals surface area contributed by atoms with E-state index in [4.69, 9.17) is 0 Å². The lowest BCUT2D eigenvalue weighted by molar-refractivity contribution is -0.384. The predicted octanol–water partition coefficient (Wildman–Crippen LogP) is 4.96. The van der Waals surface area contributed by atoms with E-state index in [1.165, 1.54) is 36.0 Å². The minimum absolute atomic E-state index is 0.0416. The SMILES string of the molecule is Cc1cc(Br)cc(C)c1NC(=O)CSc1nnc([C@H](NC(=O)c2cccc([N+](=O)[O-])c2)C(C)C)n1C. The van der Waals surface area contributed by atoms with E-state index in [0.717, 1.165) is 21.3 Å². The molecule has 0 saturated carbocycles. The van der Waals surface area contributed by atoms with Crippen LogP contribution in [0, 0.1) is 29.9 Å². The zero-order valence-electron chi connectivity index (χ0n) is 20.5. The Morgan fingerprint density at radius 1 is 1.17 bits per heavy atom. The van der Waals surface area contributed by atoms with Crippen molar-refractivity contribution in [2.75, 3.05) is 11.1 Å². The Bertz CT molecular complexity index is 1290. The molecule has 0 aliphatic heterocycles. The fourth-order valence-electron chi connectivity index (χ4n) is 3.65. The minimum Gasteiger partial charge on any atom is -0.342 e. The topological polar surface area (TPSA) is 132 Å². The molecule has 2 amide bonds. The van der Waals surface area contributed by atoms with Gasteiger partial charge in [0.25, 0.3) is 11.6 Å². The zero-order valence-corrected chi connectivity index (χ0v) is 22.9. The van der Waals surface area contributed by atoms with Crippen molar-refractivity contribution < 1.29 is 14.5 Å². The van der Waals surface area contributed by atoms with E-state index in [0.29, 0.717) is 11.0 Å². The van der Waals surface area contributed by atoms with Gasteiger partial charge in [0, 0.05) is 34.9 Å². The molecule has 0 spiro atoms. The number of non-ortho nitro benzene ring substituents is 1. The van der Waals surface area contributed by atoms with Gasteiger partial charge in [0.2, 0.25) is 5.91 Å². The first kappa shape index (κ1) is 27.3. The summed E-state index contributed by atoms with van der Waals surface area (Å²) in [7, 11) is 1.77. The summed E-state index contributed by atoms with van der Waals surface area (Å²) in [4.78, 5) is 36.0. The first-order chi connectivity index (χ1) is 17.0. The van der Waals surface area contributed by atoms with Crippen molar-refractivity contribution in [1.29, 1.82) is 0 Å². The van der Waals surface area contributed by atoms with Crippen molar-refractivity contribution in [1.82, 2.24) is 20.1 Å². The summed E-state index contributed by atoms with van der Waals surface area (Å²) < 4.78 is 2.70. The third-order valence-electron chi connectivity index (χ3n) is 5.51. The molecule has 0 unspecified atom stereocenters. The van der Waals surface area contributed by atoms with Crippen LogP contribution in [0.1, 0.15) is 47.2 Å². The van der Waals surface area contributed by atoms with Crippen LogP contribution in [0.3, 0.4) is 0 Å². The second-order valence-corrected chi connectivity index (χ2v) is 10.5. The van der Waals surface area contributed by atoms with Crippen LogP contribution in [0.4, 0.5) is 11.4 Å². The monoisotopic (exact) mass is 574 g/mol. The van der Waals surface area contributed by atoms with Gasteiger partial charge < -0.3 is 15.2 Å². The summed E-state index contributed by atoms with van der Waals surface area (Å²) in [5, 5.41) is 25.9. The molecule has 2 aromatic carbocycles. The number of aromatic nitrogens is 3. The number of hydrogen-bond donors (Lipinski definition) is 2. The van der Waals surface area contributed by atoms with Gasteiger partial charge in [0.1, 0.15) is 0 Å². The van der Waals surface area contributed by atoms with Crippen LogP contribution < -0.4 is 10.6 Å². The molecular formula is C24H27BrN6O4S. The molecule has 1 aromatic heterocycles. The zero-order chi connectivity index (χ0) is 26.6.